The van der Waals surface area contributed by atoms with Crippen molar-refractivity contribution in [2.75, 3.05) is 13.1 Å². The first-order chi connectivity index (χ1) is 9.22. The van der Waals surface area contributed by atoms with Crippen LogP contribution in [-0.2, 0) is 17.8 Å². The Hall–Kier alpha value is -1.23. The molecule has 1 aliphatic heterocycles. The molecule has 19 heavy (non-hydrogen) atoms. The number of Topliss-reactive ketones (excluding diaryl/α,β-unsaturated/α-hetero) is 1. The smallest absolute Gasteiger partial charge is 0.147 e. The lowest BCUT2D eigenvalue weighted by Gasteiger charge is -2.36. The normalized spacial score (nSPS) is 23.5. The molecule has 1 N–H and O–H groups in total. The second-order valence-corrected chi connectivity index (χ2v) is 5.40. The van der Waals surface area contributed by atoms with Crippen LogP contribution in [0.1, 0.15) is 45.4 Å². The highest BCUT2D eigenvalue weighted by molar-refractivity contribution is 5.86. The molecule has 0 aromatic carbocycles. The Labute approximate surface area is 114 Å². The Kier molecular flexibility index (Phi) is 4.69. The number of carbonyl (C=O) groups excluding carboxylic acids is 1. The number of piperidine rings is 1. The van der Waals surface area contributed by atoms with Gasteiger partial charge in [0.15, 0.2) is 0 Å². The summed E-state index contributed by atoms with van der Waals surface area (Å²) in [5.41, 5.74) is -0.183. The molecule has 5 nitrogen and oxygen atoms in total. The maximum Gasteiger partial charge on any atom is 0.147 e. The quantitative estimate of drug-likeness (QED) is 0.847. The highest BCUT2D eigenvalue weighted by Crippen LogP contribution is 2.33. The fourth-order valence-electron chi connectivity index (χ4n) is 3.06. The van der Waals surface area contributed by atoms with Crippen molar-refractivity contribution in [2.24, 2.45) is 5.41 Å². The van der Waals surface area contributed by atoms with Crippen LogP contribution in [-0.4, -0.2) is 33.6 Å². The number of nitrogens with one attached hydrogen (secondary N) is 1. The Bertz CT molecular complexity index is 415. The van der Waals surface area contributed by atoms with Gasteiger partial charge in [-0.2, -0.15) is 5.10 Å². The minimum atomic E-state index is -0.183. The molecule has 1 fully saturated rings. The van der Waals surface area contributed by atoms with Gasteiger partial charge in [-0.15, -0.1) is 0 Å². The van der Waals surface area contributed by atoms with Crippen LogP contribution in [0.3, 0.4) is 0 Å². The number of aryl methyl sites for hydroxylation is 1. The maximum absolute atomic E-state index is 12.7. The van der Waals surface area contributed by atoms with Gasteiger partial charge in [-0.3, -0.25) is 4.79 Å². The molecule has 0 spiro atoms. The van der Waals surface area contributed by atoms with Gasteiger partial charge in [-0.1, -0.05) is 13.3 Å². The van der Waals surface area contributed by atoms with Crippen molar-refractivity contribution in [3.63, 3.8) is 0 Å². The molecular weight excluding hydrogens is 240 g/mol. The van der Waals surface area contributed by atoms with E-state index in [1.54, 1.807) is 0 Å². The zero-order chi connectivity index (χ0) is 13.7. The molecule has 1 saturated heterocycles. The van der Waals surface area contributed by atoms with E-state index in [0.29, 0.717) is 12.2 Å². The van der Waals surface area contributed by atoms with E-state index in [0.717, 1.165) is 51.1 Å². The van der Waals surface area contributed by atoms with Crippen LogP contribution in [0.5, 0.6) is 0 Å². The van der Waals surface area contributed by atoms with E-state index in [9.17, 15) is 4.79 Å². The highest BCUT2D eigenvalue weighted by Gasteiger charge is 2.38. The molecule has 0 amide bonds. The van der Waals surface area contributed by atoms with Crippen molar-refractivity contribution in [1.29, 1.82) is 0 Å². The molecule has 2 heterocycles. The van der Waals surface area contributed by atoms with Crippen LogP contribution < -0.4 is 5.32 Å². The Morgan fingerprint density at radius 3 is 3.00 bits per heavy atom. The number of aromatic nitrogens is 3. The third-order valence-corrected chi connectivity index (χ3v) is 4.11. The largest absolute Gasteiger partial charge is 0.316 e. The summed E-state index contributed by atoms with van der Waals surface area (Å²) in [4.78, 5) is 16.9. The van der Waals surface area contributed by atoms with Crippen LogP contribution in [0.2, 0.25) is 0 Å². The Morgan fingerprint density at radius 2 is 2.37 bits per heavy atom. The van der Waals surface area contributed by atoms with Crippen LogP contribution in [0, 0.1) is 5.41 Å². The standard InChI is InChI=1S/C14H24N4O/c1-3-6-14(7-5-8-15-10-14)12(19)9-13-16-11-17-18(13)4-2/h11,15H,3-10H2,1-2H3. The molecule has 1 aromatic heterocycles. The summed E-state index contributed by atoms with van der Waals surface area (Å²) in [7, 11) is 0. The van der Waals surface area contributed by atoms with Crippen LogP contribution in [0.4, 0.5) is 0 Å². The van der Waals surface area contributed by atoms with Crippen LogP contribution in [0.25, 0.3) is 0 Å². The number of ketones is 1. The summed E-state index contributed by atoms with van der Waals surface area (Å²) >= 11 is 0. The summed E-state index contributed by atoms with van der Waals surface area (Å²) in [6.07, 6.45) is 6.07. The minimum Gasteiger partial charge on any atom is -0.316 e. The fourth-order valence-corrected chi connectivity index (χ4v) is 3.06. The van der Waals surface area contributed by atoms with E-state index in [4.69, 9.17) is 0 Å². The molecule has 1 atom stereocenters. The van der Waals surface area contributed by atoms with Crippen molar-refractivity contribution in [3.8, 4) is 0 Å². The average Bonchev–Trinajstić information content (AvgIpc) is 2.87. The second kappa shape index (κ2) is 6.28. The first-order valence-corrected chi connectivity index (χ1v) is 7.32. The molecule has 0 aliphatic carbocycles. The number of carbonyl (C=O) groups is 1. The number of nitrogens with zero attached hydrogens (tertiary/aromatic N) is 3. The summed E-state index contributed by atoms with van der Waals surface area (Å²) in [5, 5.41) is 7.53. The van der Waals surface area contributed by atoms with E-state index >= 15 is 0 Å². The predicted octanol–water partition coefficient (Wildman–Crippen LogP) is 1.58. The van der Waals surface area contributed by atoms with E-state index in [1.165, 1.54) is 6.33 Å². The Balaban J connectivity index is 2.11. The minimum absolute atomic E-state index is 0.183. The van der Waals surface area contributed by atoms with E-state index in [2.05, 4.69) is 22.3 Å². The molecule has 2 rings (SSSR count). The van der Waals surface area contributed by atoms with Gasteiger partial charge in [0.2, 0.25) is 0 Å². The number of rotatable bonds is 6. The maximum atomic E-state index is 12.7. The van der Waals surface area contributed by atoms with Crippen molar-refractivity contribution < 1.29 is 4.79 Å². The molecular formula is C14H24N4O. The van der Waals surface area contributed by atoms with Crippen LogP contribution in [0.15, 0.2) is 6.33 Å². The van der Waals surface area contributed by atoms with Crippen molar-refractivity contribution in [2.45, 2.75) is 52.5 Å². The molecule has 0 saturated carbocycles. The summed E-state index contributed by atoms with van der Waals surface area (Å²) in [6, 6.07) is 0. The average molecular weight is 264 g/mol. The SMILES string of the molecule is CCCC1(C(=O)Cc2ncnn2CC)CCCNC1. The lowest BCUT2D eigenvalue weighted by atomic mass is 9.72. The summed E-state index contributed by atoms with van der Waals surface area (Å²) in [5.74, 6) is 1.12. The Morgan fingerprint density at radius 1 is 1.53 bits per heavy atom. The molecule has 5 heteroatoms. The van der Waals surface area contributed by atoms with Gasteiger partial charge < -0.3 is 5.32 Å². The zero-order valence-electron chi connectivity index (χ0n) is 12.0. The molecule has 1 unspecified atom stereocenters. The van der Waals surface area contributed by atoms with E-state index in [-0.39, 0.29) is 5.41 Å². The van der Waals surface area contributed by atoms with Crippen molar-refractivity contribution in [3.05, 3.63) is 12.2 Å². The molecule has 0 bridgehead atoms. The van der Waals surface area contributed by atoms with Crippen LogP contribution >= 0.6 is 0 Å². The van der Waals surface area contributed by atoms with Gasteiger partial charge in [0.1, 0.15) is 17.9 Å². The highest BCUT2D eigenvalue weighted by atomic mass is 16.1. The van der Waals surface area contributed by atoms with E-state index < -0.39 is 0 Å². The second-order valence-electron chi connectivity index (χ2n) is 5.40. The van der Waals surface area contributed by atoms with Crippen molar-refractivity contribution in [1.82, 2.24) is 20.1 Å². The van der Waals surface area contributed by atoms with Crippen molar-refractivity contribution >= 4 is 5.78 Å². The van der Waals surface area contributed by atoms with Gasteiger partial charge in [0.25, 0.3) is 0 Å². The van der Waals surface area contributed by atoms with E-state index in [1.807, 2.05) is 11.6 Å². The fraction of sp³-hybridized carbons (Fsp3) is 0.786. The first-order valence-electron chi connectivity index (χ1n) is 7.32. The summed E-state index contributed by atoms with van der Waals surface area (Å²) < 4.78 is 1.81. The van der Waals surface area contributed by atoms with Gasteiger partial charge in [-0.25, -0.2) is 9.67 Å². The molecule has 1 aromatic rings. The molecule has 1 aliphatic rings. The lowest BCUT2D eigenvalue weighted by Crippen LogP contribution is -2.46. The van der Waals surface area contributed by atoms with Gasteiger partial charge in [0.05, 0.1) is 6.42 Å². The molecule has 0 radical (unpaired) electrons. The third-order valence-electron chi connectivity index (χ3n) is 4.11. The first kappa shape index (κ1) is 14.2. The lowest BCUT2D eigenvalue weighted by molar-refractivity contribution is -0.129. The van der Waals surface area contributed by atoms with Gasteiger partial charge >= 0.3 is 0 Å². The predicted molar refractivity (Wildman–Crippen MR) is 73.9 cm³/mol. The third kappa shape index (κ3) is 3.03. The van der Waals surface area contributed by atoms with Gasteiger partial charge in [0, 0.05) is 18.5 Å². The summed E-state index contributed by atoms with van der Waals surface area (Å²) in [6.45, 7) is 6.79. The number of hydrogen-bond donors (Lipinski definition) is 1. The number of hydrogen-bond acceptors (Lipinski definition) is 4. The topological polar surface area (TPSA) is 59.8 Å². The van der Waals surface area contributed by atoms with Gasteiger partial charge in [-0.05, 0) is 32.7 Å². The zero-order valence-corrected chi connectivity index (χ0v) is 12.0. The molecule has 106 valence electrons. The monoisotopic (exact) mass is 264 g/mol.